The van der Waals surface area contributed by atoms with Gasteiger partial charge in [-0.2, -0.15) is 0 Å². The predicted octanol–water partition coefficient (Wildman–Crippen LogP) is 3.09. The van der Waals surface area contributed by atoms with E-state index < -0.39 is 5.41 Å². The zero-order chi connectivity index (χ0) is 17.7. The van der Waals surface area contributed by atoms with E-state index in [9.17, 15) is 9.18 Å². The Morgan fingerprint density at radius 3 is 2.58 bits per heavy atom. The van der Waals surface area contributed by atoms with Gasteiger partial charge in [-0.3, -0.25) is 0 Å². The van der Waals surface area contributed by atoms with E-state index in [1.54, 1.807) is 17.0 Å². The number of rotatable bonds is 5. The number of urea groups is 1. The summed E-state index contributed by atoms with van der Waals surface area (Å²) in [4.78, 5) is 16.4. The van der Waals surface area contributed by atoms with E-state index in [1.807, 2.05) is 27.0 Å². The van der Waals surface area contributed by atoms with Crippen molar-refractivity contribution in [3.05, 3.63) is 35.6 Å². The summed E-state index contributed by atoms with van der Waals surface area (Å²) in [6.07, 6.45) is 2.27. The van der Waals surface area contributed by atoms with Gasteiger partial charge in [0.2, 0.25) is 0 Å². The van der Waals surface area contributed by atoms with Gasteiger partial charge < -0.3 is 15.1 Å². The molecule has 1 aliphatic rings. The Labute approximate surface area is 145 Å². The normalized spacial score (nSPS) is 16.9. The van der Waals surface area contributed by atoms with Crippen molar-refractivity contribution in [2.45, 2.75) is 32.1 Å². The zero-order valence-electron chi connectivity index (χ0n) is 15.3. The number of likely N-dealkylation sites (tertiary alicyclic amines) is 1. The Morgan fingerprint density at radius 2 is 1.96 bits per heavy atom. The molecule has 0 atom stereocenters. The summed E-state index contributed by atoms with van der Waals surface area (Å²) >= 11 is 0. The number of halogens is 1. The van der Waals surface area contributed by atoms with E-state index in [0.717, 1.165) is 32.5 Å². The Kier molecular flexibility index (Phi) is 6.21. The fourth-order valence-corrected chi connectivity index (χ4v) is 3.25. The minimum absolute atomic E-state index is 0.0849. The second kappa shape index (κ2) is 7.97. The summed E-state index contributed by atoms with van der Waals surface area (Å²) < 4.78 is 14.0. The fourth-order valence-electron chi connectivity index (χ4n) is 3.25. The highest BCUT2D eigenvalue weighted by molar-refractivity contribution is 5.74. The van der Waals surface area contributed by atoms with Crippen molar-refractivity contribution in [3.8, 4) is 0 Å². The van der Waals surface area contributed by atoms with Crippen LogP contribution in [-0.2, 0) is 5.41 Å². The van der Waals surface area contributed by atoms with E-state index in [4.69, 9.17) is 0 Å². The van der Waals surface area contributed by atoms with Crippen LogP contribution in [0.2, 0.25) is 0 Å². The number of amides is 2. The molecule has 0 spiro atoms. The molecule has 0 bridgehead atoms. The molecule has 2 amide bonds. The van der Waals surface area contributed by atoms with Gasteiger partial charge in [-0.25, -0.2) is 9.18 Å². The first-order valence-corrected chi connectivity index (χ1v) is 8.72. The molecule has 0 saturated carbocycles. The lowest BCUT2D eigenvalue weighted by atomic mass is 9.84. The van der Waals surface area contributed by atoms with E-state index in [0.29, 0.717) is 18.0 Å². The van der Waals surface area contributed by atoms with Crippen molar-refractivity contribution in [1.29, 1.82) is 0 Å². The Morgan fingerprint density at radius 1 is 1.33 bits per heavy atom. The first-order valence-electron chi connectivity index (χ1n) is 8.72. The van der Waals surface area contributed by atoms with Gasteiger partial charge in [-0.1, -0.05) is 32.0 Å². The third-order valence-corrected chi connectivity index (χ3v) is 5.00. The standard InChI is InChI=1S/C19H30FN3O/c1-19(2,16-7-5-6-8-17(16)20)14-21-18(24)23(4)13-15-9-11-22(3)12-10-15/h5-8,15H,9-14H2,1-4H3,(H,21,24). The number of nitrogens with zero attached hydrogens (tertiary/aromatic N) is 2. The van der Waals surface area contributed by atoms with Gasteiger partial charge in [-0.05, 0) is 50.5 Å². The molecule has 0 unspecified atom stereocenters. The minimum atomic E-state index is -0.449. The van der Waals surface area contributed by atoms with Crippen LogP contribution >= 0.6 is 0 Å². The second-order valence-electron chi connectivity index (χ2n) is 7.65. The van der Waals surface area contributed by atoms with E-state index in [1.165, 1.54) is 6.07 Å². The molecule has 0 aromatic heterocycles. The molecule has 1 aromatic carbocycles. The molecule has 134 valence electrons. The molecular weight excluding hydrogens is 305 g/mol. The van der Waals surface area contributed by atoms with Crippen LogP contribution < -0.4 is 5.32 Å². The van der Waals surface area contributed by atoms with Gasteiger partial charge in [0.05, 0.1) is 0 Å². The number of benzene rings is 1. The molecule has 24 heavy (non-hydrogen) atoms. The summed E-state index contributed by atoms with van der Waals surface area (Å²) in [7, 11) is 3.97. The number of hydrogen-bond donors (Lipinski definition) is 1. The third-order valence-electron chi connectivity index (χ3n) is 5.00. The lowest BCUT2D eigenvalue weighted by Gasteiger charge is -2.32. The van der Waals surface area contributed by atoms with E-state index in [-0.39, 0.29) is 11.8 Å². The van der Waals surface area contributed by atoms with Crippen molar-refractivity contribution in [1.82, 2.24) is 15.1 Å². The van der Waals surface area contributed by atoms with Crippen molar-refractivity contribution in [3.63, 3.8) is 0 Å². The molecule has 1 fully saturated rings. The quantitative estimate of drug-likeness (QED) is 0.897. The Bertz CT molecular complexity index is 553. The molecular formula is C19H30FN3O. The van der Waals surface area contributed by atoms with Gasteiger partial charge >= 0.3 is 6.03 Å². The zero-order valence-corrected chi connectivity index (χ0v) is 15.3. The summed E-state index contributed by atoms with van der Waals surface area (Å²) in [6, 6.07) is 6.67. The molecule has 5 heteroatoms. The summed E-state index contributed by atoms with van der Waals surface area (Å²) in [5.74, 6) is 0.341. The average molecular weight is 335 g/mol. The maximum Gasteiger partial charge on any atom is 0.317 e. The van der Waals surface area contributed by atoms with Crippen LogP contribution in [0, 0.1) is 11.7 Å². The third kappa shape index (κ3) is 4.94. The molecule has 1 heterocycles. The molecule has 1 saturated heterocycles. The maximum absolute atomic E-state index is 14.0. The van der Waals surface area contributed by atoms with Crippen LogP contribution in [-0.4, -0.2) is 56.1 Å². The second-order valence-corrected chi connectivity index (χ2v) is 7.65. The summed E-state index contributed by atoms with van der Waals surface area (Å²) in [5, 5.41) is 2.96. The monoisotopic (exact) mass is 335 g/mol. The first kappa shape index (κ1) is 18.7. The smallest absolute Gasteiger partial charge is 0.317 e. The van der Waals surface area contributed by atoms with Gasteiger partial charge in [0.25, 0.3) is 0 Å². The molecule has 1 aliphatic heterocycles. The summed E-state index contributed by atoms with van der Waals surface area (Å²) in [6.45, 7) is 7.27. The van der Waals surface area contributed by atoms with E-state index >= 15 is 0 Å². The van der Waals surface area contributed by atoms with Crippen molar-refractivity contribution < 1.29 is 9.18 Å². The van der Waals surface area contributed by atoms with Crippen molar-refractivity contribution in [2.24, 2.45) is 5.92 Å². The van der Waals surface area contributed by atoms with Crippen LogP contribution in [0.1, 0.15) is 32.3 Å². The first-order chi connectivity index (χ1) is 11.3. The van der Waals surface area contributed by atoms with Crippen LogP contribution in [0.4, 0.5) is 9.18 Å². The van der Waals surface area contributed by atoms with Crippen LogP contribution in [0.25, 0.3) is 0 Å². The number of hydrogen-bond acceptors (Lipinski definition) is 2. The summed E-state index contributed by atoms with van der Waals surface area (Å²) in [5.41, 5.74) is 0.179. The topological polar surface area (TPSA) is 35.6 Å². The van der Waals surface area contributed by atoms with Crippen molar-refractivity contribution >= 4 is 6.03 Å². The Hall–Kier alpha value is -1.62. The Balaban J connectivity index is 1.84. The van der Waals surface area contributed by atoms with Gasteiger partial charge in [-0.15, -0.1) is 0 Å². The number of carbonyl (C=O) groups excluding carboxylic acids is 1. The SMILES string of the molecule is CN1CCC(CN(C)C(=O)NCC(C)(C)c2ccccc2F)CC1. The van der Waals surface area contributed by atoms with Crippen LogP contribution in [0.5, 0.6) is 0 Å². The van der Waals surface area contributed by atoms with Crippen LogP contribution in [0.15, 0.2) is 24.3 Å². The highest BCUT2D eigenvalue weighted by atomic mass is 19.1. The molecule has 1 aromatic rings. The fraction of sp³-hybridized carbons (Fsp3) is 0.632. The van der Waals surface area contributed by atoms with Gasteiger partial charge in [0, 0.05) is 25.6 Å². The lowest BCUT2D eigenvalue weighted by Crippen LogP contribution is -2.45. The van der Waals surface area contributed by atoms with Crippen molar-refractivity contribution in [2.75, 3.05) is 40.3 Å². The highest BCUT2D eigenvalue weighted by Gasteiger charge is 2.26. The van der Waals surface area contributed by atoms with Gasteiger partial charge in [0.15, 0.2) is 0 Å². The molecule has 0 aliphatic carbocycles. The molecule has 2 rings (SSSR count). The average Bonchev–Trinajstić information content (AvgIpc) is 2.55. The van der Waals surface area contributed by atoms with Crippen LogP contribution in [0.3, 0.4) is 0 Å². The number of piperidine rings is 1. The number of nitrogens with one attached hydrogen (secondary N) is 1. The highest BCUT2D eigenvalue weighted by Crippen LogP contribution is 2.25. The minimum Gasteiger partial charge on any atom is -0.337 e. The molecule has 1 N–H and O–H groups in total. The molecule has 4 nitrogen and oxygen atoms in total. The van der Waals surface area contributed by atoms with Gasteiger partial charge in [0.1, 0.15) is 5.82 Å². The van der Waals surface area contributed by atoms with E-state index in [2.05, 4.69) is 17.3 Å². The number of carbonyl (C=O) groups is 1. The maximum atomic E-state index is 14.0. The predicted molar refractivity (Wildman–Crippen MR) is 95.7 cm³/mol. The largest absolute Gasteiger partial charge is 0.337 e. The lowest BCUT2D eigenvalue weighted by molar-refractivity contribution is 0.169. The molecule has 0 radical (unpaired) electrons.